The van der Waals surface area contributed by atoms with Gasteiger partial charge >= 0.3 is 0 Å². The lowest BCUT2D eigenvalue weighted by atomic mass is 10.1. The summed E-state index contributed by atoms with van der Waals surface area (Å²) in [6.07, 6.45) is 0. The zero-order valence-corrected chi connectivity index (χ0v) is 10.6. The van der Waals surface area contributed by atoms with Crippen LogP contribution in [0.4, 0.5) is 0 Å². The van der Waals surface area contributed by atoms with Crippen molar-refractivity contribution in [2.75, 3.05) is 0 Å². The molecule has 0 aliphatic rings. The number of benzene rings is 1. The normalized spacial score (nSPS) is 11.5. The van der Waals surface area contributed by atoms with Gasteiger partial charge in [0.2, 0.25) is 0 Å². The third kappa shape index (κ3) is 3.32. The van der Waals surface area contributed by atoms with E-state index in [2.05, 4.69) is 5.16 Å². The quantitative estimate of drug-likeness (QED) is 0.492. The van der Waals surface area contributed by atoms with Crippen LogP contribution in [0.2, 0.25) is 0 Å². The number of nitrogens with zero attached hydrogens (tertiary/aromatic N) is 1. The molecule has 0 radical (unpaired) electrons. The van der Waals surface area contributed by atoms with E-state index in [1.807, 2.05) is 41.1 Å². The zero-order valence-electron chi connectivity index (χ0n) is 9.74. The summed E-state index contributed by atoms with van der Waals surface area (Å²) in [6.45, 7) is 0.404. The minimum Gasteiger partial charge on any atom is -0.392 e. The Labute approximate surface area is 109 Å². The van der Waals surface area contributed by atoms with E-state index in [0.29, 0.717) is 12.4 Å². The van der Waals surface area contributed by atoms with Crippen LogP contribution in [0.1, 0.15) is 16.7 Å². The first-order chi connectivity index (χ1) is 8.79. The van der Waals surface area contributed by atoms with E-state index in [1.165, 1.54) is 0 Å². The molecule has 0 aliphatic carbocycles. The van der Waals surface area contributed by atoms with Crippen LogP contribution in [0, 0.1) is 0 Å². The number of aliphatic hydroxyl groups is 1. The lowest BCUT2D eigenvalue weighted by Crippen LogP contribution is -2.12. The molecule has 0 bridgehead atoms. The third-order valence-corrected chi connectivity index (χ3v) is 3.10. The van der Waals surface area contributed by atoms with E-state index in [9.17, 15) is 0 Å². The summed E-state index contributed by atoms with van der Waals surface area (Å²) in [6, 6.07) is 9.38. The first-order valence-corrected chi connectivity index (χ1v) is 6.40. The van der Waals surface area contributed by atoms with Gasteiger partial charge in [0.05, 0.1) is 6.61 Å². The SMILES string of the molecule is N/C(=N/OCc1ccc(CO)cc1)c1ccsc1. The molecular weight excluding hydrogens is 248 g/mol. The standard InChI is InChI=1S/C13H14N2O2S/c14-13(12-5-6-18-9-12)15-17-8-11-3-1-10(7-16)2-4-11/h1-6,9,16H,7-8H2,(H2,14,15). The summed E-state index contributed by atoms with van der Waals surface area (Å²) in [7, 11) is 0. The molecule has 4 nitrogen and oxygen atoms in total. The lowest BCUT2D eigenvalue weighted by Gasteiger charge is -2.02. The maximum absolute atomic E-state index is 8.91. The zero-order chi connectivity index (χ0) is 12.8. The van der Waals surface area contributed by atoms with E-state index >= 15 is 0 Å². The van der Waals surface area contributed by atoms with Gasteiger partial charge in [-0.25, -0.2) is 0 Å². The monoisotopic (exact) mass is 262 g/mol. The number of aliphatic hydroxyl groups excluding tert-OH is 1. The first-order valence-electron chi connectivity index (χ1n) is 5.46. The largest absolute Gasteiger partial charge is 0.392 e. The summed E-state index contributed by atoms with van der Waals surface area (Å²) in [5.74, 6) is 0.378. The second kappa shape index (κ2) is 6.18. The van der Waals surface area contributed by atoms with Crippen LogP contribution in [0.15, 0.2) is 46.2 Å². The second-order valence-corrected chi connectivity index (χ2v) is 4.52. The number of amidine groups is 1. The van der Waals surface area contributed by atoms with Crippen molar-refractivity contribution in [2.45, 2.75) is 13.2 Å². The number of hydrogen-bond donors (Lipinski definition) is 2. The van der Waals surface area contributed by atoms with Gasteiger partial charge in [0, 0.05) is 10.9 Å². The Kier molecular flexibility index (Phi) is 4.33. The van der Waals surface area contributed by atoms with Crippen LogP contribution in [-0.4, -0.2) is 10.9 Å². The van der Waals surface area contributed by atoms with E-state index in [-0.39, 0.29) is 6.61 Å². The highest BCUT2D eigenvalue weighted by atomic mass is 32.1. The molecule has 0 aliphatic heterocycles. The number of hydrogen-bond acceptors (Lipinski definition) is 4. The van der Waals surface area contributed by atoms with Gasteiger partial charge in [0.1, 0.15) is 6.61 Å². The molecule has 5 heteroatoms. The molecule has 0 atom stereocenters. The van der Waals surface area contributed by atoms with Gasteiger partial charge in [0.15, 0.2) is 5.84 Å². The predicted molar refractivity (Wildman–Crippen MR) is 72.2 cm³/mol. The van der Waals surface area contributed by atoms with Crippen molar-refractivity contribution < 1.29 is 9.94 Å². The average Bonchev–Trinajstić information content (AvgIpc) is 2.93. The van der Waals surface area contributed by atoms with Crippen LogP contribution in [0.5, 0.6) is 0 Å². The molecule has 0 saturated heterocycles. The van der Waals surface area contributed by atoms with Crippen LogP contribution in [-0.2, 0) is 18.1 Å². The van der Waals surface area contributed by atoms with E-state index in [1.54, 1.807) is 11.3 Å². The van der Waals surface area contributed by atoms with Crippen LogP contribution in [0.3, 0.4) is 0 Å². The molecule has 1 heterocycles. The van der Waals surface area contributed by atoms with Crippen LogP contribution < -0.4 is 5.73 Å². The Morgan fingerprint density at radius 1 is 1.22 bits per heavy atom. The molecule has 94 valence electrons. The summed E-state index contributed by atoms with van der Waals surface area (Å²) < 4.78 is 0. The molecular formula is C13H14N2O2S. The lowest BCUT2D eigenvalue weighted by molar-refractivity contribution is 0.130. The van der Waals surface area contributed by atoms with Crippen molar-refractivity contribution in [3.05, 3.63) is 57.8 Å². The number of nitrogens with two attached hydrogens (primary N) is 1. The molecule has 2 rings (SSSR count). The minimum absolute atomic E-state index is 0.0460. The average molecular weight is 262 g/mol. The Hall–Kier alpha value is -1.85. The van der Waals surface area contributed by atoms with Gasteiger partial charge in [-0.15, -0.1) is 0 Å². The van der Waals surface area contributed by atoms with E-state index in [0.717, 1.165) is 16.7 Å². The van der Waals surface area contributed by atoms with Gasteiger partial charge in [0.25, 0.3) is 0 Å². The Morgan fingerprint density at radius 2 is 1.94 bits per heavy atom. The van der Waals surface area contributed by atoms with Gasteiger partial charge in [-0.05, 0) is 22.6 Å². The Bertz CT molecular complexity index is 506. The van der Waals surface area contributed by atoms with Crippen molar-refractivity contribution in [1.29, 1.82) is 0 Å². The molecule has 18 heavy (non-hydrogen) atoms. The minimum atomic E-state index is 0.0460. The Morgan fingerprint density at radius 3 is 2.56 bits per heavy atom. The molecule has 2 aromatic rings. The van der Waals surface area contributed by atoms with E-state index < -0.39 is 0 Å². The fourth-order valence-electron chi connectivity index (χ4n) is 1.38. The third-order valence-electron chi connectivity index (χ3n) is 2.42. The number of oxime groups is 1. The van der Waals surface area contributed by atoms with Crippen LogP contribution in [0.25, 0.3) is 0 Å². The molecule has 3 N–H and O–H groups in total. The molecule has 0 unspecified atom stereocenters. The highest BCUT2D eigenvalue weighted by Crippen LogP contribution is 2.08. The van der Waals surface area contributed by atoms with Crippen LogP contribution >= 0.6 is 11.3 Å². The molecule has 0 saturated carbocycles. The molecule has 1 aromatic heterocycles. The molecule has 1 aromatic carbocycles. The van der Waals surface area contributed by atoms with Gasteiger partial charge in [-0.2, -0.15) is 11.3 Å². The fourth-order valence-corrected chi connectivity index (χ4v) is 2.03. The maximum atomic E-state index is 8.91. The first kappa shape index (κ1) is 12.6. The highest BCUT2D eigenvalue weighted by molar-refractivity contribution is 7.08. The summed E-state index contributed by atoms with van der Waals surface area (Å²) in [5, 5.41) is 16.6. The fraction of sp³-hybridized carbons (Fsp3) is 0.154. The number of thiophene rings is 1. The van der Waals surface area contributed by atoms with Gasteiger partial charge < -0.3 is 15.7 Å². The van der Waals surface area contributed by atoms with Crippen molar-refractivity contribution in [2.24, 2.45) is 10.9 Å². The summed E-state index contributed by atoms with van der Waals surface area (Å²) >= 11 is 1.56. The number of rotatable bonds is 5. The predicted octanol–water partition coefficient (Wildman–Crippen LogP) is 2.08. The van der Waals surface area contributed by atoms with E-state index in [4.69, 9.17) is 15.7 Å². The van der Waals surface area contributed by atoms with Crippen molar-refractivity contribution >= 4 is 17.2 Å². The van der Waals surface area contributed by atoms with Gasteiger partial charge in [-0.1, -0.05) is 29.4 Å². The molecule has 0 fully saturated rings. The molecule has 0 amide bonds. The van der Waals surface area contributed by atoms with Crippen molar-refractivity contribution in [3.63, 3.8) is 0 Å². The summed E-state index contributed by atoms with van der Waals surface area (Å²) in [5.41, 5.74) is 8.47. The smallest absolute Gasteiger partial charge is 0.171 e. The Balaban J connectivity index is 1.89. The molecule has 0 spiro atoms. The topological polar surface area (TPSA) is 67.8 Å². The van der Waals surface area contributed by atoms with Gasteiger partial charge in [-0.3, -0.25) is 0 Å². The summed E-state index contributed by atoms with van der Waals surface area (Å²) in [4.78, 5) is 5.18. The maximum Gasteiger partial charge on any atom is 0.171 e. The second-order valence-electron chi connectivity index (χ2n) is 3.74. The van der Waals surface area contributed by atoms with Crippen molar-refractivity contribution in [1.82, 2.24) is 0 Å². The highest BCUT2D eigenvalue weighted by Gasteiger charge is 1.99. The van der Waals surface area contributed by atoms with Crippen molar-refractivity contribution in [3.8, 4) is 0 Å².